The van der Waals surface area contributed by atoms with Gasteiger partial charge < -0.3 is 5.32 Å². The summed E-state index contributed by atoms with van der Waals surface area (Å²) in [5.74, 6) is -0.0996. The van der Waals surface area contributed by atoms with Crippen molar-refractivity contribution in [3.63, 3.8) is 0 Å². The quantitative estimate of drug-likeness (QED) is 0.649. The normalized spacial score (nSPS) is 18.6. The van der Waals surface area contributed by atoms with Crippen molar-refractivity contribution >= 4 is 5.69 Å². The molecule has 1 aromatic rings. The number of rotatable bonds is 0. The summed E-state index contributed by atoms with van der Waals surface area (Å²) >= 11 is 0. The lowest BCUT2D eigenvalue weighted by Crippen LogP contribution is -2.06. The molecule has 1 aliphatic rings. The number of anilines is 1. The fourth-order valence-electron chi connectivity index (χ4n) is 1.66. The third-order valence-electron chi connectivity index (χ3n) is 2.30. The van der Waals surface area contributed by atoms with E-state index in [0.717, 1.165) is 11.3 Å². The molecule has 0 fully saturated rings. The molecular formula is C11H10N2. The molecule has 0 aliphatic carbocycles. The lowest BCUT2D eigenvalue weighted by Gasteiger charge is -2.18. The molecule has 1 heterocycles. The number of nitrogens with one attached hydrogen (secondary N) is 1. The van der Waals surface area contributed by atoms with Crippen LogP contribution in [0.2, 0.25) is 0 Å². The highest BCUT2D eigenvalue weighted by molar-refractivity contribution is 5.62. The molecule has 1 aliphatic heterocycles. The van der Waals surface area contributed by atoms with E-state index in [4.69, 9.17) is 5.26 Å². The van der Waals surface area contributed by atoms with Crippen LogP contribution in [0.4, 0.5) is 5.69 Å². The van der Waals surface area contributed by atoms with Gasteiger partial charge in [0, 0.05) is 5.69 Å². The minimum absolute atomic E-state index is 0.0996. The van der Waals surface area contributed by atoms with E-state index in [2.05, 4.69) is 11.4 Å². The maximum absolute atomic E-state index is 8.93. The number of allylic oxidation sites excluding steroid dienone is 1. The molecule has 0 saturated heterocycles. The molecule has 1 unspecified atom stereocenters. The third-order valence-corrected chi connectivity index (χ3v) is 2.30. The van der Waals surface area contributed by atoms with Crippen molar-refractivity contribution in [2.45, 2.75) is 12.8 Å². The van der Waals surface area contributed by atoms with Gasteiger partial charge in [-0.1, -0.05) is 12.1 Å². The molecule has 2 nitrogen and oxygen atoms in total. The zero-order valence-corrected chi connectivity index (χ0v) is 7.41. The topological polar surface area (TPSA) is 35.8 Å². The molecule has 1 aromatic carbocycles. The monoisotopic (exact) mass is 170 g/mol. The van der Waals surface area contributed by atoms with Crippen molar-refractivity contribution in [1.82, 2.24) is 0 Å². The van der Waals surface area contributed by atoms with Crippen molar-refractivity contribution < 1.29 is 0 Å². The average Bonchev–Trinajstić information content (AvgIpc) is 2.17. The Labute approximate surface area is 77.5 Å². The Morgan fingerprint density at radius 2 is 2.31 bits per heavy atom. The van der Waals surface area contributed by atoms with Gasteiger partial charge in [-0.3, -0.25) is 0 Å². The Balaban J connectivity index is 2.60. The molecule has 0 bridgehead atoms. The van der Waals surface area contributed by atoms with Gasteiger partial charge in [-0.05, 0) is 36.4 Å². The minimum atomic E-state index is -0.0996. The summed E-state index contributed by atoms with van der Waals surface area (Å²) in [6.45, 7) is 2.03. The van der Waals surface area contributed by atoms with Gasteiger partial charge in [-0.2, -0.15) is 5.26 Å². The lowest BCUT2D eigenvalue weighted by atomic mass is 9.92. The number of aryl methyl sites for hydroxylation is 1. The number of nitrogens with zero attached hydrogens (tertiary/aromatic N) is 1. The van der Waals surface area contributed by atoms with Gasteiger partial charge in [0.2, 0.25) is 0 Å². The highest BCUT2D eigenvalue weighted by Crippen LogP contribution is 2.31. The van der Waals surface area contributed by atoms with E-state index >= 15 is 0 Å². The molecule has 2 heteroatoms. The summed E-state index contributed by atoms with van der Waals surface area (Å²) in [7, 11) is 0. The Bertz CT molecular complexity index is 399. The average molecular weight is 170 g/mol. The highest BCUT2D eigenvalue weighted by atomic mass is 14.9. The predicted octanol–water partition coefficient (Wildman–Crippen LogP) is 2.54. The molecule has 2 rings (SSSR count). The van der Waals surface area contributed by atoms with E-state index in [0.29, 0.717) is 0 Å². The smallest absolute Gasteiger partial charge is 0.0932 e. The maximum atomic E-state index is 8.93. The summed E-state index contributed by atoms with van der Waals surface area (Å²) < 4.78 is 0. The number of hydrogen-bond acceptors (Lipinski definition) is 2. The van der Waals surface area contributed by atoms with Crippen LogP contribution in [-0.4, -0.2) is 0 Å². The summed E-state index contributed by atoms with van der Waals surface area (Å²) in [5, 5.41) is 12.1. The van der Waals surface area contributed by atoms with Gasteiger partial charge in [0.25, 0.3) is 0 Å². The second kappa shape index (κ2) is 2.95. The van der Waals surface area contributed by atoms with Crippen LogP contribution in [0.3, 0.4) is 0 Å². The summed E-state index contributed by atoms with van der Waals surface area (Å²) in [6.07, 6.45) is 3.71. The number of fused-ring (bicyclic) bond motifs is 1. The zero-order chi connectivity index (χ0) is 9.26. The van der Waals surface area contributed by atoms with Crippen molar-refractivity contribution in [1.29, 1.82) is 5.26 Å². The van der Waals surface area contributed by atoms with Gasteiger partial charge in [0.15, 0.2) is 0 Å². The molecule has 0 saturated carbocycles. The van der Waals surface area contributed by atoms with Crippen LogP contribution in [0.1, 0.15) is 17.0 Å². The summed E-state index contributed by atoms with van der Waals surface area (Å²) in [6, 6.07) is 8.30. The number of benzene rings is 1. The predicted molar refractivity (Wildman–Crippen MR) is 52.3 cm³/mol. The Morgan fingerprint density at radius 3 is 3.08 bits per heavy atom. The minimum Gasteiger partial charge on any atom is -0.362 e. The molecule has 0 spiro atoms. The zero-order valence-electron chi connectivity index (χ0n) is 7.41. The van der Waals surface area contributed by atoms with Crippen LogP contribution in [0.15, 0.2) is 30.5 Å². The summed E-state index contributed by atoms with van der Waals surface area (Å²) in [4.78, 5) is 0. The van der Waals surface area contributed by atoms with E-state index in [9.17, 15) is 0 Å². The van der Waals surface area contributed by atoms with Crippen molar-refractivity contribution in [3.8, 4) is 6.07 Å². The first-order valence-corrected chi connectivity index (χ1v) is 4.25. The van der Waals surface area contributed by atoms with E-state index in [-0.39, 0.29) is 5.92 Å². The number of nitriles is 1. The fourth-order valence-corrected chi connectivity index (χ4v) is 1.66. The van der Waals surface area contributed by atoms with Gasteiger partial charge >= 0.3 is 0 Å². The second-order valence-corrected chi connectivity index (χ2v) is 3.15. The van der Waals surface area contributed by atoms with Gasteiger partial charge in [-0.25, -0.2) is 0 Å². The van der Waals surface area contributed by atoms with Crippen LogP contribution >= 0.6 is 0 Å². The Morgan fingerprint density at radius 1 is 1.46 bits per heavy atom. The van der Waals surface area contributed by atoms with Gasteiger partial charge in [-0.15, -0.1) is 0 Å². The van der Waals surface area contributed by atoms with E-state index in [1.165, 1.54) is 5.56 Å². The van der Waals surface area contributed by atoms with Crippen LogP contribution in [0.5, 0.6) is 0 Å². The maximum Gasteiger partial charge on any atom is 0.0932 e. The highest BCUT2D eigenvalue weighted by Gasteiger charge is 2.16. The van der Waals surface area contributed by atoms with E-state index in [1.807, 2.05) is 37.4 Å². The largest absolute Gasteiger partial charge is 0.362 e. The molecule has 1 N–H and O–H groups in total. The Kier molecular flexibility index (Phi) is 1.79. The number of hydrogen-bond donors (Lipinski definition) is 1. The first-order chi connectivity index (χ1) is 6.33. The molecule has 13 heavy (non-hydrogen) atoms. The molecule has 0 radical (unpaired) electrons. The Hall–Kier alpha value is -1.75. The fraction of sp³-hybridized carbons (Fsp3) is 0.182. The molecule has 0 aromatic heterocycles. The van der Waals surface area contributed by atoms with Crippen molar-refractivity contribution in [2.24, 2.45) is 0 Å². The SMILES string of the molecule is Cc1cccc2c1C(C#N)C=CN2. The van der Waals surface area contributed by atoms with Crippen molar-refractivity contribution in [3.05, 3.63) is 41.6 Å². The van der Waals surface area contributed by atoms with Crippen LogP contribution in [0, 0.1) is 18.3 Å². The first-order valence-electron chi connectivity index (χ1n) is 4.25. The van der Waals surface area contributed by atoms with Crippen molar-refractivity contribution in [2.75, 3.05) is 5.32 Å². The second-order valence-electron chi connectivity index (χ2n) is 3.15. The van der Waals surface area contributed by atoms with Gasteiger partial charge in [0.1, 0.15) is 0 Å². The standard InChI is InChI=1S/C11H10N2/c1-8-3-2-4-10-11(8)9(7-12)5-6-13-10/h2-6,9,13H,1H3. The summed E-state index contributed by atoms with van der Waals surface area (Å²) in [5.41, 5.74) is 3.32. The molecular weight excluding hydrogens is 160 g/mol. The van der Waals surface area contributed by atoms with E-state index < -0.39 is 0 Å². The van der Waals surface area contributed by atoms with Crippen LogP contribution in [-0.2, 0) is 0 Å². The molecule has 64 valence electrons. The third kappa shape index (κ3) is 1.19. The molecule has 1 atom stereocenters. The first kappa shape index (κ1) is 7.88. The van der Waals surface area contributed by atoms with Gasteiger partial charge in [0.05, 0.1) is 12.0 Å². The lowest BCUT2D eigenvalue weighted by molar-refractivity contribution is 1.05. The van der Waals surface area contributed by atoms with Crippen LogP contribution in [0.25, 0.3) is 0 Å². The molecule has 0 amide bonds. The van der Waals surface area contributed by atoms with E-state index in [1.54, 1.807) is 0 Å². The van der Waals surface area contributed by atoms with Crippen LogP contribution < -0.4 is 5.32 Å².